The van der Waals surface area contributed by atoms with Crippen molar-refractivity contribution in [2.45, 2.75) is 46.1 Å². The van der Waals surface area contributed by atoms with E-state index < -0.39 is 0 Å². The molecule has 112 valence electrons. The number of H-pyrrole nitrogens is 1. The number of aromatic nitrogens is 4. The lowest BCUT2D eigenvalue weighted by Gasteiger charge is -2.38. The second kappa shape index (κ2) is 4.09. The Morgan fingerprint density at radius 2 is 2.14 bits per heavy atom. The Labute approximate surface area is 128 Å². The van der Waals surface area contributed by atoms with Gasteiger partial charge in [0, 0.05) is 5.41 Å². The predicted molar refractivity (Wildman–Crippen MR) is 80.3 cm³/mol. The van der Waals surface area contributed by atoms with Crippen molar-refractivity contribution in [3.05, 3.63) is 11.5 Å². The van der Waals surface area contributed by atoms with Crippen molar-refractivity contribution in [1.82, 2.24) is 20.2 Å². The van der Waals surface area contributed by atoms with E-state index in [1.807, 2.05) is 0 Å². The van der Waals surface area contributed by atoms with Gasteiger partial charge >= 0.3 is 0 Å². The highest BCUT2D eigenvalue weighted by Gasteiger charge is 2.62. The average Bonchev–Trinajstić information content (AvgIpc) is 3.01. The van der Waals surface area contributed by atoms with Gasteiger partial charge in [-0.3, -0.25) is 5.10 Å². The van der Waals surface area contributed by atoms with Gasteiger partial charge in [-0.05, 0) is 42.2 Å². The van der Waals surface area contributed by atoms with Crippen LogP contribution in [0.5, 0.6) is 5.88 Å². The van der Waals surface area contributed by atoms with Crippen LogP contribution in [0, 0.1) is 16.7 Å². The molecule has 0 saturated heterocycles. The number of hydrogen-bond acceptors (Lipinski definition) is 4. The zero-order valence-electron chi connectivity index (χ0n) is 12.5. The van der Waals surface area contributed by atoms with E-state index in [1.165, 1.54) is 12.8 Å². The number of fused-ring (bicyclic) bond motifs is 3. The number of hydrogen-bond donors (Lipinski definition) is 1. The predicted octanol–water partition coefficient (Wildman–Crippen LogP) is 3.60. The number of nitrogens with one attached hydrogen (secondary N) is 1. The SMILES string of the molecule is CC1(C)C2CCC1(C)C(Oc1nc(Cl)nc3[nH]ncc13)C2. The molecular weight excluding hydrogens is 288 g/mol. The molecule has 2 aliphatic carbocycles. The molecule has 3 unspecified atom stereocenters. The molecule has 2 aliphatic rings. The van der Waals surface area contributed by atoms with Gasteiger partial charge in [0.15, 0.2) is 5.65 Å². The summed E-state index contributed by atoms with van der Waals surface area (Å²) in [5, 5.41) is 7.81. The Bertz CT molecular complexity index is 713. The van der Waals surface area contributed by atoms with Crippen LogP contribution in [0.15, 0.2) is 6.20 Å². The maximum absolute atomic E-state index is 6.30. The van der Waals surface area contributed by atoms with Crippen molar-refractivity contribution in [3.63, 3.8) is 0 Å². The number of ether oxygens (including phenoxy) is 1. The molecule has 21 heavy (non-hydrogen) atoms. The van der Waals surface area contributed by atoms with Gasteiger partial charge in [-0.1, -0.05) is 20.8 Å². The highest BCUT2D eigenvalue weighted by molar-refractivity contribution is 6.28. The first-order valence-electron chi connectivity index (χ1n) is 7.45. The number of aromatic amines is 1. The van der Waals surface area contributed by atoms with Gasteiger partial charge in [0.05, 0.1) is 6.20 Å². The lowest BCUT2D eigenvalue weighted by Crippen LogP contribution is -2.39. The van der Waals surface area contributed by atoms with E-state index in [9.17, 15) is 0 Å². The van der Waals surface area contributed by atoms with Gasteiger partial charge in [0.1, 0.15) is 11.5 Å². The molecule has 2 aromatic rings. The summed E-state index contributed by atoms with van der Waals surface area (Å²) in [6.45, 7) is 7.09. The molecule has 0 radical (unpaired) electrons. The molecule has 2 saturated carbocycles. The highest BCUT2D eigenvalue weighted by Crippen LogP contribution is 2.66. The fourth-order valence-corrected chi connectivity index (χ4v) is 4.48. The van der Waals surface area contributed by atoms with Crippen molar-refractivity contribution in [2.75, 3.05) is 0 Å². The van der Waals surface area contributed by atoms with Crippen molar-refractivity contribution in [3.8, 4) is 5.88 Å². The van der Waals surface area contributed by atoms with Gasteiger partial charge in [0.2, 0.25) is 11.2 Å². The highest BCUT2D eigenvalue weighted by atomic mass is 35.5. The van der Waals surface area contributed by atoms with Crippen LogP contribution in [0.4, 0.5) is 0 Å². The Morgan fingerprint density at radius 3 is 2.81 bits per heavy atom. The Morgan fingerprint density at radius 1 is 1.33 bits per heavy atom. The summed E-state index contributed by atoms with van der Waals surface area (Å²) in [7, 11) is 0. The van der Waals surface area contributed by atoms with Gasteiger partial charge in [-0.15, -0.1) is 0 Å². The van der Waals surface area contributed by atoms with E-state index in [-0.39, 0.29) is 16.8 Å². The van der Waals surface area contributed by atoms with Crippen LogP contribution in [-0.2, 0) is 0 Å². The summed E-state index contributed by atoms with van der Waals surface area (Å²) in [4.78, 5) is 8.39. The maximum Gasteiger partial charge on any atom is 0.229 e. The maximum atomic E-state index is 6.30. The zero-order chi connectivity index (χ0) is 14.8. The van der Waals surface area contributed by atoms with Crippen LogP contribution in [0.2, 0.25) is 5.28 Å². The van der Waals surface area contributed by atoms with E-state index in [4.69, 9.17) is 16.3 Å². The van der Waals surface area contributed by atoms with E-state index in [2.05, 4.69) is 40.9 Å². The summed E-state index contributed by atoms with van der Waals surface area (Å²) in [5.41, 5.74) is 1.12. The molecule has 2 heterocycles. The molecule has 0 aliphatic heterocycles. The van der Waals surface area contributed by atoms with Crippen LogP contribution in [-0.4, -0.2) is 26.3 Å². The topological polar surface area (TPSA) is 63.7 Å². The molecular formula is C15H19ClN4O. The summed E-state index contributed by atoms with van der Waals surface area (Å²) in [5.74, 6) is 1.28. The second-order valence-corrected chi connectivity index (χ2v) is 7.49. The molecule has 6 heteroatoms. The third-order valence-corrected chi connectivity index (χ3v) is 6.38. The monoisotopic (exact) mass is 306 g/mol. The first-order valence-corrected chi connectivity index (χ1v) is 7.83. The van der Waals surface area contributed by atoms with Gasteiger partial charge < -0.3 is 4.74 Å². The van der Waals surface area contributed by atoms with Crippen molar-refractivity contribution in [1.29, 1.82) is 0 Å². The van der Waals surface area contributed by atoms with Crippen LogP contribution in [0.1, 0.15) is 40.0 Å². The molecule has 3 atom stereocenters. The molecule has 4 rings (SSSR count). The number of halogens is 1. The number of nitrogens with zero attached hydrogens (tertiary/aromatic N) is 3. The van der Waals surface area contributed by atoms with E-state index in [0.29, 0.717) is 16.9 Å². The van der Waals surface area contributed by atoms with E-state index in [1.54, 1.807) is 6.20 Å². The smallest absolute Gasteiger partial charge is 0.229 e. The van der Waals surface area contributed by atoms with Crippen molar-refractivity contribution >= 4 is 22.6 Å². The quantitative estimate of drug-likeness (QED) is 0.861. The molecule has 2 aromatic heterocycles. The molecule has 2 bridgehead atoms. The van der Waals surface area contributed by atoms with Crippen LogP contribution in [0.25, 0.3) is 11.0 Å². The third-order valence-electron chi connectivity index (χ3n) is 6.22. The minimum absolute atomic E-state index is 0.176. The first-order chi connectivity index (χ1) is 9.92. The Kier molecular flexibility index (Phi) is 2.60. The van der Waals surface area contributed by atoms with Crippen molar-refractivity contribution < 1.29 is 4.74 Å². The molecule has 2 fully saturated rings. The largest absolute Gasteiger partial charge is 0.473 e. The van der Waals surface area contributed by atoms with Crippen molar-refractivity contribution in [2.24, 2.45) is 16.7 Å². The Balaban J connectivity index is 1.72. The van der Waals surface area contributed by atoms with Gasteiger partial charge in [0.25, 0.3) is 0 Å². The standard InChI is InChI=1S/C15H19ClN4O/c1-14(2)8-4-5-15(14,3)10(6-8)21-12-9-7-17-20-11(9)18-13(16)19-12/h7-8,10H,4-6H2,1-3H3,(H,17,18,19,20). The Hall–Kier alpha value is -1.36. The molecule has 1 N–H and O–H groups in total. The van der Waals surface area contributed by atoms with Gasteiger partial charge in [-0.2, -0.15) is 15.1 Å². The summed E-state index contributed by atoms with van der Waals surface area (Å²) in [6, 6.07) is 0. The summed E-state index contributed by atoms with van der Waals surface area (Å²) >= 11 is 5.99. The van der Waals surface area contributed by atoms with Crippen LogP contribution < -0.4 is 4.74 Å². The van der Waals surface area contributed by atoms with E-state index >= 15 is 0 Å². The lowest BCUT2D eigenvalue weighted by atomic mass is 9.70. The average molecular weight is 307 g/mol. The fourth-order valence-electron chi connectivity index (χ4n) is 4.32. The molecule has 5 nitrogen and oxygen atoms in total. The third kappa shape index (κ3) is 1.67. The summed E-state index contributed by atoms with van der Waals surface area (Å²) < 4.78 is 6.30. The molecule has 0 amide bonds. The number of rotatable bonds is 2. The van der Waals surface area contributed by atoms with E-state index in [0.717, 1.165) is 17.7 Å². The summed E-state index contributed by atoms with van der Waals surface area (Å²) in [6.07, 6.45) is 5.47. The normalized spacial score (nSPS) is 33.7. The minimum Gasteiger partial charge on any atom is -0.473 e. The molecule has 0 aromatic carbocycles. The van der Waals surface area contributed by atoms with Crippen LogP contribution in [0.3, 0.4) is 0 Å². The minimum atomic E-state index is 0.176. The fraction of sp³-hybridized carbons (Fsp3) is 0.667. The van der Waals surface area contributed by atoms with Gasteiger partial charge in [-0.25, -0.2) is 0 Å². The zero-order valence-corrected chi connectivity index (χ0v) is 13.2. The first kappa shape index (κ1) is 13.3. The lowest BCUT2D eigenvalue weighted by molar-refractivity contribution is 0.0283. The second-order valence-electron chi connectivity index (χ2n) is 7.15. The van der Waals surface area contributed by atoms with Crippen LogP contribution >= 0.6 is 11.6 Å². The molecule has 0 spiro atoms.